The highest BCUT2D eigenvalue weighted by Crippen LogP contribution is 2.39. The molecule has 4 rings (SSSR count). The highest BCUT2D eigenvalue weighted by molar-refractivity contribution is 5.41. The number of nitrogens with two attached hydrogens (primary N) is 1. The van der Waals surface area contributed by atoms with Crippen LogP contribution in [0.2, 0.25) is 0 Å². The molecule has 2 heterocycles. The summed E-state index contributed by atoms with van der Waals surface area (Å²) in [5.41, 5.74) is 9.52. The summed E-state index contributed by atoms with van der Waals surface area (Å²) in [5, 5.41) is 19.0. The third kappa shape index (κ3) is 4.79. The molecule has 4 N–H and O–H groups in total. The van der Waals surface area contributed by atoms with E-state index < -0.39 is 6.29 Å². The molecule has 0 saturated carbocycles. The van der Waals surface area contributed by atoms with E-state index in [4.69, 9.17) is 15.2 Å². The van der Waals surface area contributed by atoms with Crippen molar-refractivity contribution in [1.82, 2.24) is 4.90 Å². The lowest BCUT2D eigenvalue weighted by atomic mass is 9.99. The number of likely N-dealkylation sites (tertiary alicyclic amines) is 1. The lowest BCUT2D eigenvalue weighted by Crippen LogP contribution is -2.42. The molecule has 2 aromatic rings. The zero-order valence-electron chi connectivity index (χ0n) is 16.6. The lowest BCUT2D eigenvalue weighted by Gasteiger charge is -2.38. The number of hydrogen-bond acceptors (Lipinski definition) is 6. The van der Waals surface area contributed by atoms with Gasteiger partial charge in [0, 0.05) is 30.3 Å². The largest absolute Gasteiger partial charge is 0.399 e. The molecule has 2 aromatic carbocycles. The smallest absolute Gasteiger partial charge is 0.185 e. The predicted octanol–water partition coefficient (Wildman–Crippen LogP) is 2.76. The number of nitrogens with zero attached hydrogens (tertiary/aromatic N) is 1. The summed E-state index contributed by atoms with van der Waals surface area (Å²) in [4.78, 5) is 2.33. The van der Waals surface area contributed by atoms with Crippen molar-refractivity contribution in [2.75, 3.05) is 25.4 Å². The van der Waals surface area contributed by atoms with E-state index in [1.807, 2.05) is 48.5 Å². The molecule has 0 amide bonds. The maximum absolute atomic E-state index is 9.66. The van der Waals surface area contributed by atoms with Gasteiger partial charge >= 0.3 is 0 Å². The number of aliphatic hydroxyl groups excluding tert-OH is 2. The molecule has 6 nitrogen and oxygen atoms in total. The Hall–Kier alpha value is -1.96. The van der Waals surface area contributed by atoms with Gasteiger partial charge in [0.05, 0.1) is 25.4 Å². The predicted molar refractivity (Wildman–Crippen MR) is 111 cm³/mol. The average molecular weight is 399 g/mol. The minimum absolute atomic E-state index is 0.00940. The number of aliphatic hydroxyl groups is 2. The number of hydrogen-bond donors (Lipinski definition) is 3. The fraction of sp³-hybridized carbons (Fsp3) is 0.478. The van der Waals surface area contributed by atoms with Crippen LogP contribution in [0.25, 0.3) is 0 Å². The van der Waals surface area contributed by atoms with Gasteiger partial charge in [0.15, 0.2) is 6.29 Å². The van der Waals surface area contributed by atoms with Gasteiger partial charge in [-0.15, -0.1) is 0 Å². The maximum Gasteiger partial charge on any atom is 0.185 e. The van der Waals surface area contributed by atoms with Gasteiger partial charge in [-0.1, -0.05) is 36.4 Å². The van der Waals surface area contributed by atoms with Crippen molar-refractivity contribution in [1.29, 1.82) is 0 Å². The Balaban J connectivity index is 1.55. The first-order chi connectivity index (χ1) is 14.2. The second-order valence-electron chi connectivity index (χ2n) is 7.99. The zero-order valence-corrected chi connectivity index (χ0v) is 16.6. The summed E-state index contributed by atoms with van der Waals surface area (Å²) in [6, 6.07) is 15.7. The van der Waals surface area contributed by atoms with Crippen molar-refractivity contribution in [3.8, 4) is 0 Å². The molecule has 2 aliphatic heterocycles. The van der Waals surface area contributed by atoms with Crippen molar-refractivity contribution in [2.45, 2.75) is 50.4 Å². The second kappa shape index (κ2) is 9.24. The fourth-order valence-electron chi connectivity index (χ4n) is 4.34. The van der Waals surface area contributed by atoms with Crippen LogP contribution in [-0.2, 0) is 16.1 Å². The Morgan fingerprint density at radius 1 is 1.03 bits per heavy atom. The maximum atomic E-state index is 9.66. The van der Waals surface area contributed by atoms with Crippen LogP contribution in [-0.4, -0.2) is 47.0 Å². The van der Waals surface area contributed by atoms with Gasteiger partial charge in [-0.2, -0.15) is 0 Å². The van der Waals surface area contributed by atoms with Crippen molar-refractivity contribution >= 4 is 5.69 Å². The summed E-state index contributed by atoms with van der Waals surface area (Å²) < 4.78 is 12.7. The van der Waals surface area contributed by atoms with Crippen molar-refractivity contribution in [3.05, 3.63) is 65.2 Å². The molecule has 6 heteroatoms. The van der Waals surface area contributed by atoms with Crippen LogP contribution in [0.1, 0.15) is 48.3 Å². The third-order valence-corrected chi connectivity index (χ3v) is 5.95. The van der Waals surface area contributed by atoms with E-state index in [-0.39, 0.29) is 31.5 Å². The molecule has 29 heavy (non-hydrogen) atoms. The topological polar surface area (TPSA) is 88.2 Å². The Bertz CT molecular complexity index is 798. The lowest BCUT2D eigenvalue weighted by molar-refractivity contribution is -0.253. The van der Waals surface area contributed by atoms with Gasteiger partial charge in [-0.05, 0) is 42.6 Å². The third-order valence-electron chi connectivity index (χ3n) is 5.95. The highest BCUT2D eigenvalue weighted by atomic mass is 16.7. The van der Waals surface area contributed by atoms with Gasteiger partial charge in [-0.3, -0.25) is 4.90 Å². The van der Waals surface area contributed by atoms with Crippen LogP contribution in [0.5, 0.6) is 0 Å². The van der Waals surface area contributed by atoms with Crippen molar-refractivity contribution in [2.24, 2.45) is 0 Å². The molecule has 0 spiro atoms. The molecule has 0 bridgehead atoms. The molecule has 0 aromatic heterocycles. The fourth-order valence-corrected chi connectivity index (χ4v) is 4.34. The van der Waals surface area contributed by atoms with Crippen LogP contribution in [0, 0.1) is 0 Å². The first-order valence-electron chi connectivity index (χ1n) is 10.4. The second-order valence-corrected chi connectivity index (χ2v) is 7.99. The summed E-state index contributed by atoms with van der Waals surface area (Å²) in [6.07, 6.45) is 2.28. The van der Waals surface area contributed by atoms with Crippen LogP contribution in [0.3, 0.4) is 0 Å². The zero-order chi connectivity index (χ0) is 20.2. The Morgan fingerprint density at radius 2 is 1.86 bits per heavy atom. The summed E-state index contributed by atoms with van der Waals surface area (Å²) in [6.45, 7) is 1.98. The van der Waals surface area contributed by atoms with Gasteiger partial charge in [0.25, 0.3) is 0 Å². The minimum Gasteiger partial charge on any atom is -0.399 e. The van der Waals surface area contributed by atoms with Gasteiger partial charge in [0.2, 0.25) is 0 Å². The first-order valence-corrected chi connectivity index (χ1v) is 10.4. The SMILES string of the molecule is Nc1cccc(C2O[C@H](CN3CCC[C@H]3CO)C[C@H](c3ccc(CO)cc3)O2)c1. The number of anilines is 1. The highest BCUT2D eigenvalue weighted by Gasteiger charge is 2.35. The molecule has 2 saturated heterocycles. The van der Waals surface area contributed by atoms with Gasteiger partial charge in [0.1, 0.15) is 0 Å². The van der Waals surface area contributed by atoms with E-state index in [2.05, 4.69) is 4.90 Å². The number of ether oxygens (including phenoxy) is 2. The minimum atomic E-state index is -0.491. The van der Waals surface area contributed by atoms with Crippen molar-refractivity contribution < 1.29 is 19.7 Å². The Morgan fingerprint density at radius 3 is 2.59 bits per heavy atom. The van der Waals surface area contributed by atoms with Crippen LogP contribution in [0.15, 0.2) is 48.5 Å². The van der Waals surface area contributed by atoms with E-state index >= 15 is 0 Å². The molecule has 2 aliphatic rings. The van der Waals surface area contributed by atoms with Crippen LogP contribution >= 0.6 is 0 Å². The van der Waals surface area contributed by atoms with Crippen molar-refractivity contribution in [3.63, 3.8) is 0 Å². The average Bonchev–Trinajstić information content (AvgIpc) is 3.20. The molecule has 0 aliphatic carbocycles. The van der Waals surface area contributed by atoms with E-state index in [1.165, 1.54) is 0 Å². The molecule has 0 radical (unpaired) electrons. The van der Waals surface area contributed by atoms with Gasteiger partial charge in [-0.25, -0.2) is 0 Å². The Kier molecular flexibility index (Phi) is 6.47. The standard InChI is InChI=1S/C23H30N2O4/c24-19-4-1-3-18(11-19)23-28-21(13-25-10-2-5-20(25)15-27)12-22(29-23)17-8-6-16(14-26)7-9-17/h1,3-4,6-9,11,20-23,26-27H,2,5,10,12-15,24H2/t20-,21-,22+,23?/m0/s1. The summed E-state index contributed by atoms with van der Waals surface area (Å²) in [5.74, 6) is 0. The van der Waals surface area contributed by atoms with Gasteiger partial charge < -0.3 is 25.4 Å². The summed E-state index contributed by atoms with van der Waals surface area (Å²) >= 11 is 0. The molecule has 4 atom stereocenters. The molecular weight excluding hydrogens is 368 g/mol. The van der Waals surface area contributed by atoms with Crippen LogP contribution < -0.4 is 5.73 Å². The van der Waals surface area contributed by atoms with E-state index in [1.54, 1.807) is 0 Å². The first kappa shape index (κ1) is 20.3. The number of nitrogen functional groups attached to an aromatic ring is 1. The normalized spacial score (nSPS) is 27.9. The monoisotopic (exact) mass is 398 g/mol. The molecule has 1 unspecified atom stereocenters. The number of rotatable bonds is 6. The molecular formula is C23H30N2O4. The molecule has 156 valence electrons. The summed E-state index contributed by atoms with van der Waals surface area (Å²) in [7, 11) is 0. The Labute approximate surface area is 171 Å². The van der Waals surface area contributed by atoms with E-state index in [0.717, 1.165) is 49.0 Å². The van der Waals surface area contributed by atoms with E-state index in [9.17, 15) is 10.2 Å². The molecule has 2 fully saturated rings. The quantitative estimate of drug-likeness (QED) is 0.649. The number of benzene rings is 2. The van der Waals surface area contributed by atoms with Crippen LogP contribution in [0.4, 0.5) is 5.69 Å². The van der Waals surface area contributed by atoms with E-state index in [0.29, 0.717) is 5.69 Å².